The van der Waals surface area contributed by atoms with Crippen LogP contribution < -0.4 is 9.62 Å². The van der Waals surface area contributed by atoms with Crippen LogP contribution in [0.25, 0.3) is 0 Å². The molecule has 37 heavy (non-hydrogen) atoms. The predicted octanol–water partition coefficient (Wildman–Crippen LogP) is 4.71. The summed E-state index contributed by atoms with van der Waals surface area (Å²) in [5.41, 5.74) is 3.09. The van der Waals surface area contributed by atoms with Crippen molar-refractivity contribution in [1.82, 2.24) is 10.2 Å². The Morgan fingerprint density at radius 1 is 0.946 bits per heavy atom. The molecule has 0 aliphatic carbocycles. The number of nitrogens with one attached hydrogen (secondary N) is 1. The number of rotatable bonds is 10. The average molecular weight is 542 g/mol. The highest BCUT2D eigenvalue weighted by molar-refractivity contribution is 7.92. The van der Waals surface area contributed by atoms with Crippen LogP contribution in [0.15, 0.2) is 77.7 Å². The minimum absolute atomic E-state index is 0.00747. The van der Waals surface area contributed by atoms with E-state index in [9.17, 15) is 18.0 Å². The number of carbonyl (C=O) groups excluding carboxylic acids is 2. The van der Waals surface area contributed by atoms with Gasteiger partial charge in [-0.2, -0.15) is 0 Å². The van der Waals surface area contributed by atoms with Crippen molar-refractivity contribution in [3.63, 3.8) is 0 Å². The molecule has 196 valence electrons. The number of sulfonamides is 1. The quantitative estimate of drug-likeness (QED) is 0.403. The van der Waals surface area contributed by atoms with Gasteiger partial charge in [0.15, 0.2) is 0 Å². The SMILES string of the molecule is CCNC(=O)[C@@H](C)N(Cc1ccc(C)cc1)C(=O)CN(c1cccc(C)c1)S(=O)(=O)c1ccc(Cl)cc1. The van der Waals surface area contributed by atoms with Gasteiger partial charge < -0.3 is 10.2 Å². The van der Waals surface area contributed by atoms with Crippen LogP contribution in [0.2, 0.25) is 5.02 Å². The van der Waals surface area contributed by atoms with Crippen molar-refractivity contribution in [3.05, 3.63) is 94.5 Å². The summed E-state index contributed by atoms with van der Waals surface area (Å²) in [7, 11) is -4.12. The van der Waals surface area contributed by atoms with E-state index >= 15 is 0 Å². The monoisotopic (exact) mass is 541 g/mol. The van der Waals surface area contributed by atoms with Gasteiger partial charge in [-0.05, 0) is 75.2 Å². The van der Waals surface area contributed by atoms with E-state index < -0.39 is 28.5 Å². The molecule has 0 heterocycles. The molecule has 0 aromatic heterocycles. The lowest BCUT2D eigenvalue weighted by molar-refractivity contribution is -0.139. The fraction of sp³-hybridized carbons (Fsp3) is 0.286. The minimum atomic E-state index is -4.12. The zero-order valence-electron chi connectivity index (χ0n) is 21.4. The van der Waals surface area contributed by atoms with E-state index in [2.05, 4.69) is 5.32 Å². The highest BCUT2D eigenvalue weighted by Crippen LogP contribution is 2.26. The Labute approximate surface area is 224 Å². The van der Waals surface area contributed by atoms with Gasteiger partial charge in [-0.25, -0.2) is 8.42 Å². The number of likely N-dealkylation sites (N-methyl/N-ethyl adjacent to an activating group) is 1. The standard InChI is InChI=1S/C28H32ClN3O4S/c1-5-30-28(34)22(4)31(18-23-11-9-20(2)10-12-23)27(33)19-32(25-8-6-7-21(3)17-25)37(35,36)26-15-13-24(29)14-16-26/h6-17,22H,5,18-19H2,1-4H3,(H,30,34)/t22-/m1/s1. The third-order valence-electron chi connectivity index (χ3n) is 5.96. The van der Waals surface area contributed by atoms with Gasteiger partial charge in [0.25, 0.3) is 10.0 Å². The van der Waals surface area contributed by atoms with Crippen molar-refractivity contribution >= 4 is 39.1 Å². The van der Waals surface area contributed by atoms with Crippen LogP contribution in [0.4, 0.5) is 5.69 Å². The lowest BCUT2D eigenvalue weighted by Gasteiger charge is -2.32. The molecule has 0 aliphatic heterocycles. The molecule has 0 saturated heterocycles. The molecule has 0 fully saturated rings. The van der Waals surface area contributed by atoms with Crippen molar-refractivity contribution in [2.75, 3.05) is 17.4 Å². The first-order valence-electron chi connectivity index (χ1n) is 12.0. The third-order valence-corrected chi connectivity index (χ3v) is 8.00. The minimum Gasteiger partial charge on any atom is -0.355 e. The van der Waals surface area contributed by atoms with Gasteiger partial charge in [-0.15, -0.1) is 0 Å². The lowest BCUT2D eigenvalue weighted by atomic mass is 10.1. The highest BCUT2D eigenvalue weighted by Gasteiger charge is 2.32. The maximum Gasteiger partial charge on any atom is 0.264 e. The van der Waals surface area contributed by atoms with Crippen molar-refractivity contribution in [3.8, 4) is 0 Å². The predicted molar refractivity (Wildman–Crippen MR) is 147 cm³/mol. The van der Waals surface area contributed by atoms with Crippen molar-refractivity contribution < 1.29 is 18.0 Å². The van der Waals surface area contributed by atoms with Crippen LogP contribution in [0.1, 0.15) is 30.5 Å². The smallest absolute Gasteiger partial charge is 0.264 e. The molecule has 1 atom stereocenters. The molecule has 1 N–H and O–H groups in total. The van der Waals surface area contributed by atoms with Crippen LogP contribution >= 0.6 is 11.6 Å². The summed E-state index contributed by atoms with van der Waals surface area (Å²) in [6.07, 6.45) is 0. The molecule has 2 amide bonds. The van der Waals surface area contributed by atoms with E-state index in [0.717, 1.165) is 21.0 Å². The van der Waals surface area contributed by atoms with Gasteiger partial charge in [0, 0.05) is 18.1 Å². The summed E-state index contributed by atoms with van der Waals surface area (Å²) in [6.45, 7) is 7.33. The Hall–Kier alpha value is -3.36. The summed E-state index contributed by atoms with van der Waals surface area (Å²) in [5.74, 6) is -0.816. The van der Waals surface area contributed by atoms with E-state index in [4.69, 9.17) is 11.6 Å². The van der Waals surface area contributed by atoms with Crippen LogP contribution in [0, 0.1) is 13.8 Å². The summed E-state index contributed by atoms with van der Waals surface area (Å²) in [4.78, 5) is 27.9. The molecule has 0 radical (unpaired) electrons. The second-order valence-corrected chi connectivity index (χ2v) is 11.2. The fourth-order valence-electron chi connectivity index (χ4n) is 3.84. The molecular weight excluding hydrogens is 510 g/mol. The average Bonchev–Trinajstić information content (AvgIpc) is 2.86. The first-order valence-corrected chi connectivity index (χ1v) is 13.8. The normalized spacial score (nSPS) is 12.0. The van der Waals surface area contributed by atoms with E-state index in [-0.39, 0.29) is 17.3 Å². The molecule has 3 aromatic rings. The van der Waals surface area contributed by atoms with E-state index in [1.165, 1.54) is 29.2 Å². The van der Waals surface area contributed by atoms with Crippen LogP contribution in [0.5, 0.6) is 0 Å². The number of carbonyl (C=O) groups is 2. The van der Waals surface area contributed by atoms with Gasteiger partial charge in [0.2, 0.25) is 11.8 Å². The Bertz CT molecular complexity index is 1340. The highest BCUT2D eigenvalue weighted by atomic mass is 35.5. The maximum absolute atomic E-state index is 13.8. The summed E-state index contributed by atoms with van der Waals surface area (Å²) < 4.78 is 28.6. The molecule has 9 heteroatoms. The number of halogens is 1. The Kier molecular flexibility index (Phi) is 9.34. The second kappa shape index (κ2) is 12.3. The van der Waals surface area contributed by atoms with Gasteiger partial charge in [0.1, 0.15) is 12.6 Å². The van der Waals surface area contributed by atoms with E-state index in [1.807, 2.05) is 44.2 Å². The molecule has 0 unspecified atom stereocenters. The van der Waals surface area contributed by atoms with Crippen molar-refractivity contribution in [2.24, 2.45) is 0 Å². The summed E-state index contributed by atoms with van der Waals surface area (Å²) in [5, 5.41) is 3.15. The second-order valence-electron chi connectivity index (χ2n) is 8.88. The van der Waals surface area contributed by atoms with Gasteiger partial charge in [0.05, 0.1) is 10.6 Å². The Morgan fingerprint density at radius 2 is 1.59 bits per heavy atom. The van der Waals surface area contributed by atoms with Gasteiger partial charge in [-0.3, -0.25) is 13.9 Å². The first kappa shape index (κ1) is 28.2. The molecule has 3 aromatic carbocycles. The molecule has 0 saturated carbocycles. The van der Waals surface area contributed by atoms with E-state index in [0.29, 0.717) is 17.3 Å². The van der Waals surface area contributed by atoms with Crippen LogP contribution in [-0.2, 0) is 26.2 Å². The number of benzene rings is 3. The maximum atomic E-state index is 13.8. The Morgan fingerprint density at radius 3 is 2.19 bits per heavy atom. The summed E-state index contributed by atoms with van der Waals surface area (Å²) >= 11 is 5.97. The van der Waals surface area contributed by atoms with Gasteiger partial charge >= 0.3 is 0 Å². The van der Waals surface area contributed by atoms with Crippen LogP contribution in [0.3, 0.4) is 0 Å². The Balaban J connectivity index is 2.02. The number of aryl methyl sites for hydroxylation is 2. The molecule has 3 rings (SSSR count). The molecular formula is C28H32ClN3O4S. The van der Waals surface area contributed by atoms with Crippen molar-refractivity contribution in [2.45, 2.75) is 45.2 Å². The number of amides is 2. The number of nitrogens with zero attached hydrogens (tertiary/aromatic N) is 2. The topological polar surface area (TPSA) is 86.8 Å². The third kappa shape index (κ3) is 7.11. The number of hydrogen-bond donors (Lipinski definition) is 1. The molecule has 7 nitrogen and oxygen atoms in total. The largest absolute Gasteiger partial charge is 0.355 e. The summed E-state index contributed by atoms with van der Waals surface area (Å²) in [6, 6.07) is 19.6. The molecule has 0 bridgehead atoms. The van der Waals surface area contributed by atoms with E-state index in [1.54, 1.807) is 32.0 Å². The number of hydrogen-bond acceptors (Lipinski definition) is 4. The van der Waals surface area contributed by atoms with Crippen molar-refractivity contribution in [1.29, 1.82) is 0 Å². The lowest BCUT2D eigenvalue weighted by Crippen LogP contribution is -2.51. The zero-order valence-corrected chi connectivity index (χ0v) is 23.0. The van der Waals surface area contributed by atoms with Crippen LogP contribution in [-0.4, -0.2) is 44.3 Å². The molecule has 0 aliphatic rings. The first-order chi connectivity index (χ1) is 17.5. The molecule has 0 spiro atoms. The fourth-order valence-corrected chi connectivity index (χ4v) is 5.37. The number of anilines is 1. The van der Waals surface area contributed by atoms with Gasteiger partial charge in [-0.1, -0.05) is 53.6 Å². The zero-order chi connectivity index (χ0) is 27.2.